The zero-order valence-corrected chi connectivity index (χ0v) is 21.1. The Balaban J connectivity index is 1.76. The number of carbonyl (C=O) groups excluding carboxylic acids is 1. The number of aryl methyl sites for hydroxylation is 1. The summed E-state index contributed by atoms with van der Waals surface area (Å²) < 4.78 is 44.0. The predicted molar refractivity (Wildman–Crippen MR) is 137 cm³/mol. The quantitative estimate of drug-likeness (QED) is 0.158. The third kappa shape index (κ3) is 7.63. The van der Waals surface area contributed by atoms with Crippen LogP contribution in [0.25, 0.3) is 11.1 Å². The molecule has 0 amide bonds. The van der Waals surface area contributed by atoms with Gasteiger partial charge < -0.3 is 4.74 Å². The number of benzene rings is 3. The van der Waals surface area contributed by atoms with E-state index in [0.717, 1.165) is 59.4 Å². The summed E-state index contributed by atoms with van der Waals surface area (Å²) >= 11 is 1.77. The Morgan fingerprint density at radius 3 is 2.09 bits per heavy atom. The van der Waals surface area contributed by atoms with Crippen LogP contribution in [0.5, 0.6) is 5.75 Å². The second-order valence-electron chi connectivity index (χ2n) is 8.60. The fourth-order valence-corrected chi connectivity index (χ4v) is 5.07. The van der Waals surface area contributed by atoms with Crippen LogP contribution in [0.15, 0.2) is 71.6 Å². The van der Waals surface area contributed by atoms with Gasteiger partial charge in [-0.05, 0) is 72.4 Å². The summed E-state index contributed by atoms with van der Waals surface area (Å²) in [5.41, 5.74) is 3.10. The van der Waals surface area contributed by atoms with E-state index in [1.54, 1.807) is 11.8 Å². The van der Waals surface area contributed by atoms with Gasteiger partial charge in [0.1, 0.15) is 5.75 Å². The van der Waals surface area contributed by atoms with Crippen LogP contribution < -0.4 is 4.74 Å². The van der Waals surface area contributed by atoms with Crippen LogP contribution in [0.4, 0.5) is 13.2 Å². The van der Waals surface area contributed by atoms with Gasteiger partial charge in [0.15, 0.2) is 0 Å². The normalized spacial score (nSPS) is 12.4. The van der Waals surface area contributed by atoms with Crippen molar-refractivity contribution >= 4 is 17.7 Å². The molecule has 0 aliphatic rings. The van der Waals surface area contributed by atoms with Crippen molar-refractivity contribution in [2.24, 2.45) is 0 Å². The number of rotatable bonds is 10. The maximum absolute atomic E-state index is 12.9. The Hall–Kier alpha value is -2.73. The fourth-order valence-electron chi connectivity index (χ4n) is 3.78. The van der Waals surface area contributed by atoms with E-state index in [2.05, 4.69) is 25.1 Å². The standard InChI is InChI=1S/C29H31F3O2S/c1-4-6-8-27(35-25-17-18-26(20(3)19-25)34-28(33)7-5-2)23-11-9-21(10-12-23)22-13-15-24(16-14-22)29(30,31)32/h9-19,27H,4-8H2,1-3H3/t27-/m0/s1. The molecule has 2 nitrogen and oxygen atoms in total. The van der Waals surface area contributed by atoms with Crippen molar-refractivity contribution in [1.29, 1.82) is 0 Å². The van der Waals surface area contributed by atoms with E-state index in [9.17, 15) is 18.0 Å². The lowest BCUT2D eigenvalue weighted by molar-refractivity contribution is -0.137. The van der Waals surface area contributed by atoms with Crippen LogP contribution in [-0.4, -0.2) is 5.97 Å². The van der Waals surface area contributed by atoms with Gasteiger partial charge in [-0.2, -0.15) is 13.2 Å². The lowest BCUT2D eigenvalue weighted by Gasteiger charge is -2.18. The second-order valence-corrected chi connectivity index (χ2v) is 9.87. The number of thioether (sulfide) groups is 1. The molecule has 0 fully saturated rings. The van der Waals surface area contributed by atoms with E-state index in [1.165, 1.54) is 17.7 Å². The number of unbranched alkanes of at least 4 members (excludes halogenated alkanes) is 1. The summed E-state index contributed by atoms with van der Waals surface area (Å²) in [6, 6.07) is 19.2. The molecule has 0 N–H and O–H groups in total. The Kier molecular flexibility index (Phi) is 9.44. The molecule has 0 heterocycles. The Bertz CT molecular complexity index is 1110. The van der Waals surface area contributed by atoms with E-state index >= 15 is 0 Å². The van der Waals surface area contributed by atoms with Crippen molar-refractivity contribution in [3.63, 3.8) is 0 Å². The number of halogens is 3. The molecule has 35 heavy (non-hydrogen) atoms. The number of ether oxygens (including phenoxy) is 1. The average Bonchev–Trinajstić information content (AvgIpc) is 2.83. The molecule has 3 aromatic rings. The highest BCUT2D eigenvalue weighted by Crippen LogP contribution is 2.41. The van der Waals surface area contributed by atoms with Gasteiger partial charge in [-0.25, -0.2) is 0 Å². The minimum absolute atomic E-state index is 0.218. The van der Waals surface area contributed by atoms with Crippen LogP contribution in [0, 0.1) is 6.92 Å². The van der Waals surface area contributed by atoms with Crippen molar-refractivity contribution in [1.82, 2.24) is 0 Å². The van der Waals surface area contributed by atoms with Gasteiger partial charge in [-0.15, -0.1) is 11.8 Å². The van der Waals surface area contributed by atoms with Crippen LogP contribution in [-0.2, 0) is 11.0 Å². The smallest absolute Gasteiger partial charge is 0.416 e. The molecule has 1 atom stereocenters. The van der Waals surface area contributed by atoms with E-state index in [0.29, 0.717) is 12.2 Å². The number of esters is 1. The minimum atomic E-state index is -4.33. The molecule has 0 aliphatic heterocycles. The van der Waals surface area contributed by atoms with Crippen molar-refractivity contribution in [3.05, 3.63) is 83.4 Å². The van der Waals surface area contributed by atoms with Gasteiger partial charge >= 0.3 is 12.1 Å². The number of hydrogen-bond donors (Lipinski definition) is 0. The van der Waals surface area contributed by atoms with Gasteiger partial charge in [0.05, 0.1) is 5.56 Å². The van der Waals surface area contributed by atoms with Crippen molar-refractivity contribution in [2.75, 3.05) is 0 Å². The molecule has 0 spiro atoms. The first-order chi connectivity index (χ1) is 16.7. The van der Waals surface area contributed by atoms with E-state index in [4.69, 9.17) is 4.74 Å². The molecule has 186 valence electrons. The van der Waals surface area contributed by atoms with Crippen molar-refractivity contribution in [2.45, 2.75) is 69.2 Å². The Morgan fingerprint density at radius 2 is 1.54 bits per heavy atom. The molecule has 0 aliphatic carbocycles. The summed E-state index contributed by atoms with van der Waals surface area (Å²) in [6.45, 7) is 6.05. The molecule has 0 unspecified atom stereocenters. The molecular weight excluding hydrogens is 469 g/mol. The Morgan fingerprint density at radius 1 is 0.914 bits per heavy atom. The van der Waals surface area contributed by atoms with Crippen LogP contribution >= 0.6 is 11.8 Å². The first-order valence-electron chi connectivity index (χ1n) is 12.0. The molecule has 0 aromatic heterocycles. The molecule has 0 radical (unpaired) electrons. The molecule has 6 heteroatoms. The summed E-state index contributed by atoms with van der Waals surface area (Å²) in [5.74, 6) is 0.378. The highest BCUT2D eigenvalue weighted by Gasteiger charge is 2.30. The fraction of sp³-hybridized carbons (Fsp3) is 0.345. The summed E-state index contributed by atoms with van der Waals surface area (Å²) in [7, 11) is 0. The SMILES string of the molecule is CCCC[C@H](Sc1ccc(OC(=O)CCC)c(C)c1)c1ccc(-c2ccc(C(F)(F)F)cc2)cc1. The zero-order valence-electron chi connectivity index (χ0n) is 20.3. The molecule has 0 saturated carbocycles. The number of carbonyl (C=O) groups is 1. The largest absolute Gasteiger partial charge is 0.426 e. The highest BCUT2D eigenvalue weighted by molar-refractivity contribution is 7.99. The highest BCUT2D eigenvalue weighted by atomic mass is 32.2. The minimum Gasteiger partial charge on any atom is -0.426 e. The predicted octanol–water partition coefficient (Wildman–Crippen LogP) is 9.41. The molecular formula is C29H31F3O2S. The average molecular weight is 501 g/mol. The zero-order chi connectivity index (χ0) is 25.4. The van der Waals surface area contributed by atoms with Crippen LogP contribution in [0.1, 0.15) is 67.9 Å². The summed E-state index contributed by atoms with van der Waals surface area (Å²) in [4.78, 5) is 12.9. The van der Waals surface area contributed by atoms with Gasteiger partial charge in [0.25, 0.3) is 0 Å². The first kappa shape index (κ1) is 26.9. The van der Waals surface area contributed by atoms with Crippen LogP contribution in [0.3, 0.4) is 0 Å². The van der Waals surface area contributed by atoms with Gasteiger partial charge in [0, 0.05) is 16.6 Å². The van der Waals surface area contributed by atoms with Gasteiger partial charge in [-0.1, -0.05) is 63.1 Å². The van der Waals surface area contributed by atoms with Crippen molar-refractivity contribution < 1.29 is 22.7 Å². The van der Waals surface area contributed by atoms with Gasteiger partial charge in [-0.3, -0.25) is 4.79 Å². The van der Waals surface area contributed by atoms with Gasteiger partial charge in [0.2, 0.25) is 0 Å². The summed E-state index contributed by atoms with van der Waals surface area (Å²) in [5, 5.41) is 0.240. The topological polar surface area (TPSA) is 26.3 Å². The van der Waals surface area contributed by atoms with Crippen molar-refractivity contribution in [3.8, 4) is 16.9 Å². The van der Waals surface area contributed by atoms with E-state index < -0.39 is 11.7 Å². The lowest BCUT2D eigenvalue weighted by Crippen LogP contribution is -2.07. The Labute approximate surface area is 209 Å². The summed E-state index contributed by atoms with van der Waals surface area (Å²) in [6.07, 6.45) is 0.00303. The molecule has 3 aromatic carbocycles. The molecule has 0 saturated heterocycles. The lowest BCUT2D eigenvalue weighted by atomic mass is 10.00. The second kappa shape index (κ2) is 12.3. The molecule has 3 rings (SSSR count). The third-order valence-corrected chi connectivity index (χ3v) is 7.07. The maximum Gasteiger partial charge on any atom is 0.416 e. The number of alkyl halides is 3. The third-order valence-electron chi connectivity index (χ3n) is 5.75. The number of hydrogen-bond acceptors (Lipinski definition) is 3. The molecule has 0 bridgehead atoms. The monoisotopic (exact) mass is 500 g/mol. The van der Waals surface area contributed by atoms with E-state index in [1.807, 2.05) is 38.1 Å². The van der Waals surface area contributed by atoms with Crippen LogP contribution in [0.2, 0.25) is 0 Å². The van der Waals surface area contributed by atoms with E-state index in [-0.39, 0.29) is 11.2 Å². The first-order valence-corrected chi connectivity index (χ1v) is 12.8. The maximum atomic E-state index is 12.9.